The lowest BCUT2D eigenvalue weighted by molar-refractivity contribution is -0.137. The molecular weight excluding hydrogens is 359 g/mol. The highest BCUT2D eigenvalue weighted by atomic mass is 32.2. The molecule has 0 aliphatic rings. The fourth-order valence-corrected chi connectivity index (χ4v) is 3.96. The van der Waals surface area contributed by atoms with Gasteiger partial charge in [-0.1, -0.05) is 29.1 Å². The standard InChI is InChI=1S/C15H12F3N3OS2/c1-8-7-23-14(19-8)24-9(2)13-20-12(21-22-13)10-4-3-5-11(6-10)15(16,17)18/h3-7,9H,1-2H3/t9-/m0/s1. The first-order valence-electron chi connectivity index (χ1n) is 6.93. The molecule has 0 N–H and O–H groups in total. The number of hydrogen-bond donors (Lipinski definition) is 0. The van der Waals surface area contributed by atoms with Crippen molar-refractivity contribution < 1.29 is 17.7 Å². The van der Waals surface area contributed by atoms with Gasteiger partial charge in [0.1, 0.15) is 0 Å². The number of nitrogens with zero attached hydrogens (tertiary/aromatic N) is 3. The van der Waals surface area contributed by atoms with Crippen molar-refractivity contribution in [1.29, 1.82) is 0 Å². The molecule has 0 saturated heterocycles. The molecule has 2 aromatic heterocycles. The van der Waals surface area contributed by atoms with E-state index in [2.05, 4.69) is 15.1 Å². The molecule has 0 aliphatic heterocycles. The highest BCUT2D eigenvalue weighted by Crippen LogP contribution is 2.36. The van der Waals surface area contributed by atoms with Crippen LogP contribution in [0.15, 0.2) is 38.5 Å². The Kier molecular flexibility index (Phi) is 4.64. The fraction of sp³-hybridized carbons (Fsp3) is 0.267. The van der Waals surface area contributed by atoms with Gasteiger partial charge in [0.15, 0.2) is 4.34 Å². The normalized spacial score (nSPS) is 13.2. The van der Waals surface area contributed by atoms with E-state index in [9.17, 15) is 13.2 Å². The minimum atomic E-state index is -4.41. The van der Waals surface area contributed by atoms with Crippen LogP contribution < -0.4 is 0 Å². The summed E-state index contributed by atoms with van der Waals surface area (Å²) in [4.78, 5) is 8.56. The fourth-order valence-electron chi connectivity index (χ4n) is 1.94. The van der Waals surface area contributed by atoms with Gasteiger partial charge in [0, 0.05) is 16.6 Å². The summed E-state index contributed by atoms with van der Waals surface area (Å²) in [5, 5.41) is 5.58. The van der Waals surface area contributed by atoms with Crippen molar-refractivity contribution in [2.45, 2.75) is 29.6 Å². The van der Waals surface area contributed by atoms with Crippen molar-refractivity contribution in [1.82, 2.24) is 15.1 Å². The molecule has 9 heteroatoms. The summed E-state index contributed by atoms with van der Waals surface area (Å²) in [6.07, 6.45) is -4.41. The molecule has 0 saturated carbocycles. The number of rotatable bonds is 4. The van der Waals surface area contributed by atoms with Crippen LogP contribution in [0.4, 0.5) is 13.2 Å². The smallest absolute Gasteiger partial charge is 0.338 e. The molecule has 0 aliphatic carbocycles. The van der Waals surface area contributed by atoms with E-state index in [1.165, 1.54) is 35.2 Å². The maximum absolute atomic E-state index is 12.8. The Morgan fingerprint density at radius 2 is 2.04 bits per heavy atom. The van der Waals surface area contributed by atoms with Crippen LogP contribution in [0.1, 0.15) is 29.3 Å². The number of thioether (sulfide) groups is 1. The topological polar surface area (TPSA) is 51.8 Å². The molecule has 1 atom stereocenters. The summed E-state index contributed by atoms with van der Waals surface area (Å²) in [5.74, 6) is 0.485. The minimum Gasteiger partial charge on any atom is -0.338 e. The molecular formula is C15H12F3N3OS2. The summed E-state index contributed by atoms with van der Waals surface area (Å²) < 4.78 is 44.4. The zero-order valence-corrected chi connectivity index (χ0v) is 14.3. The Morgan fingerprint density at radius 3 is 2.71 bits per heavy atom. The van der Waals surface area contributed by atoms with Crippen LogP contribution in [0.3, 0.4) is 0 Å². The lowest BCUT2D eigenvalue weighted by atomic mass is 10.1. The summed E-state index contributed by atoms with van der Waals surface area (Å²) >= 11 is 2.98. The first kappa shape index (κ1) is 17.0. The zero-order valence-electron chi connectivity index (χ0n) is 12.7. The molecule has 0 amide bonds. The second-order valence-electron chi connectivity index (χ2n) is 5.05. The van der Waals surface area contributed by atoms with Crippen molar-refractivity contribution in [3.8, 4) is 11.4 Å². The Labute approximate surface area is 144 Å². The maximum atomic E-state index is 12.8. The largest absolute Gasteiger partial charge is 0.416 e. The van der Waals surface area contributed by atoms with E-state index in [4.69, 9.17) is 4.52 Å². The Bertz CT molecular complexity index is 844. The van der Waals surface area contributed by atoms with E-state index in [-0.39, 0.29) is 16.6 Å². The van der Waals surface area contributed by atoms with Crippen LogP contribution >= 0.6 is 23.1 Å². The van der Waals surface area contributed by atoms with Crippen molar-refractivity contribution in [3.05, 3.63) is 46.8 Å². The molecule has 0 unspecified atom stereocenters. The molecule has 3 aromatic rings. The molecule has 1 aromatic carbocycles. The third-order valence-electron chi connectivity index (χ3n) is 3.11. The van der Waals surface area contributed by atoms with Crippen LogP contribution in [0.2, 0.25) is 0 Å². The first-order chi connectivity index (χ1) is 11.3. The summed E-state index contributed by atoms with van der Waals surface area (Å²) in [5.41, 5.74) is 0.457. The average Bonchev–Trinajstić information content (AvgIpc) is 3.16. The molecule has 2 heterocycles. The van der Waals surface area contributed by atoms with E-state index in [0.29, 0.717) is 5.89 Å². The van der Waals surface area contributed by atoms with Gasteiger partial charge in [-0.15, -0.1) is 11.3 Å². The number of halogens is 3. The van der Waals surface area contributed by atoms with Gasteiger partial charge in [-0.25, -0.2) is 4.98 Å². The molecule has 0 radical (unpaired) electrons. The quantitative estimate of drug-likeness (QED) is 0.577. The second-order valence-corrected chi connectivity index (χ2v) is 7.50. The van der Waals surface area contributed by atoms with Gasteiger partial charge in [0.25, 0.3) is 0 Å². The second kappa shape index (κ2) is 6.56. The lowest BCUT2D eigenvalue weighted by Crippen LogP contribution is -2.04. The molecule has 126 valence electrons. The number of alkyl halides is 3. The van der Waals surface area contributed by atoms with Crippen molar-refractivity contribution >= 4 is 23.1 Å². The van der Waals surface area contributed by atoms with E-state index in [1.54, 1.807) is 0 Å². The summed E-state index contributed by atoms with van der Waals surface area (Å²) in [6, 6.07) is 4.86. The number of aryl methyl sites for hydroxylation is 1. The maximum Gasteiger partial charge on any atom is 0.416 e. The number of thiazole rings is 1. The third kappa shape index (κ3) is 3.78. The molecule has 0 fully saturated rings. The van der Waals surface area contributed by atoms with Crippen LogP contribution in [0, 0.1) is 6.92 Å². The van der Waals surface area contributed by atoms with Crippen LogP contribution in [0.5, 0.6) is 0 Å². The van der Waals surface area contributed by atoms with E-state index >= 15 is 0 Å². The molecule has 0 spiro atoms. The van der Waals surface area contributed by atoms with Crippen molar-refractivity contribution in [2.75, 3.05) is 0 Å². The number of hydrogen-bond acceptors (Lipinski definition) is 6. The van der Waals surface area contributed by atoms with Crippen LogP contribution in [-0.2, 0) is 6.18 Å². The number of aromatic nitrogens is 3. The SMILES string of the molecule is Cc1csc(S[C@@H](C)c2nc(-c3cccc(C(F)(F)F)c3)no2)n1. The first-order valence-corrected chi connectivity index (χ1v) is 8.69. The highest BCUT2D eigenvalue weighted by Gasteiger charge is 2.31. The van der Waals surface area contributed by atoms with Crippen molar-refractivity contribution in [3.63, 3.8) is 0 Å². The van der Waals surface area contributed by atoms with Gasteiger partial charge in [-0.05, 0) is 26.0 Å². The summed E-state index contributed by atoms with van der Waals surface area (Å²) in [6.45, 7) is 3.79. The van der Waals surface area contributed by atoms with E-state index in [1.807, 2.05) is 19.2 Å². The molecule has 0 bridgehead atoms. The average molecular weight is 371 g/mol. The number of benzene rings is 1. The molecule has 24 heavy (non-hydrogen) atoms. The third-order valence-corrected chi connectivity index (χ3v) is 5.29. The van der Waals surface area contributed by atoms with Gasteiger partial charge in [0.05, 0.1) is 10.8 Å². The van der Waals surface area contributed by atoms with Gasteiger partial charge in [-0.3, -0.25) is 0 Å². The minimum absolute atomic E-state index is 0.138. The van der Waals surface area contributed by atoms with E-state index < -0.39 is 11.7 Å². The van der Waals surface area contributed by atoms with Crippen LogP contribution in [0.25, 0.3) is 11.4 Å². The Hall–Kier alpha value is -1.87. The van der Waals surface area contributed by atoms with Gasteiger partial charge in [0.2, 0.25) is 11.7 Å². The lowest BCUT2D eigenvalue weighted by Gasteiger charge is -2.06. The monoisotopic (exact) mass is 371 g/mol. The van der Waals surface area contributed by atoms with Gasteiger partial charge >= 0.3 is 6.18 Å². The van der Waals surface area contributed by atoms with Gasteiger partial charge in [-0.2, -0.15) is 18.2 Å². The van der Waals surface area contributed by atoms with Crippen LogP contribution in [-0.4, -0.2) is 15.1 Å². The van der Waals surface area contributed by atoms with E-state index in [0.717, 1.165) is 22.2 Å². The summed E-state index contributed by atoms with van der Waals surface area (Å²) in [7, 11) is 0. The predicted octanol–water partition coefficient (Wildman–Crippen LogP) is 5.37. The Balaban J connectivity index is 1.80. The molecule has 3 rings (SSSR count). The van der Waals surface area contributed by atoms with Crippen molar-refractivity contribution in [2.24, 2.45) is 0 Å². The highest BCUT2D eigenvalue weighted by molar-refractivity contribution is 8.01. The zero-order chi connectivity index (χ0) is 17.3. The van der Waals surface area contributed by atoms with Gasteiger partial charge < -0.3 is 4.52 Å². The Morgan fingerprint density at radius 1 is 1.25 bits per heavy atom. The molecule has 4 nitrogen and oxygen atoms in total. The predicted molar refractivity (Wildman–Crippen MR) is 85.9 cm³/mol.